The van der Waals surface area contributed by atoms with Crippen LogP contribution in [0.1, 0.15) is 29.9 Å². The highest BCUT2D eigenvalue weighted by molar-refractivity contribution is 6.32. The summed E-state index contributed by atoms with van der Waals surface area (Å²) in [5.41, 5.74) is 0.450. The molecule has 7 rings (SSSR count). The fourth-order valence-electron chi connectivity index (χ4n) is 7.97. The summed E-state index contributed by atoms with van der Waals surface area (Å²) in [6.07, 6.45) is 2.11. The van der Waals surface area contributed by atoms with Crippen molar-refractivity contribution in [2.75, 3.05) is 12.0 Å². The quantitative estimate of drug-likeness (QED) is 0.255. The summed E-state index contributed by atoms with van der Waals surface area (Å²) in [5, 5.41) is 22.3. The molecule has 2 aliphatic carbocycles. The molecule has 4 amide bonds. The van der Waals surface area contributed by atoms with Gasteiger partial charge in [-0.2, -0.15) is 5.06 Å². The maximum absolute atomic E-state index is 15.0. The summed E-state index contributed by atoms with van der Waals surface area (Å²) < 4.78 is 5.33. The molecule has 1 saturated carbocycles. The van der Waals surface area contributed by atoms with Gasteiger partial charge in [0.2, 0.25) is 11.8 Å². The Bertz CT molecular complexity index is 1740. The van der Waals surface area contributed by atoms with E-state index in [0.717, 1.165) is 4.90 Å². The highest BCUT2D eigenvalue weighted by Crippen LogP contribution is 2.65. The van der Waals surface area contributed by atoms with Crippen LogP contribution in [0, 0.1) is 23.7 Å². The third-order valence-electron chi connectivity index (χ3n) is 9.69. The fourth-order valence-corrected chi connectivity index (χ4v) is 8.15. The molecule has 3 fully saturated rings. The van der Waals surface area contributed by atoms with Crippen molar-refractivity contribution in [1.82, 2.24) is 5.06 Å². The van der Waals surface area contributed by atoms with E-state index >= 15 is 4.79 Å². The molecule has 2 heterocycles. The number of imide groups is 2. The second-order valence-corrected chi connectivity index (χ2v) is 11.9. The van der Waals surface area contributed by atoms with Crippen molar-refractivity contribution in [2.24, 2.45) is 23.7 Å². The number of fused-ring (bicyclic) bond motifs is 4. The highest BCUT2D eigenvalue weighted by Gasteiger charge is 2.70. The number of ether oxygens (including phenoxy) is 1. The molecule has 0 bridgehead atoms. The van der Waals surface area contributed by atoms with E-state index in [1.54, 1.807) is 60.7 Å². The second-order valence-electron chi connectivity index (χ2n) is 11.5. The number of carbonyl (C=O) groups is 4. The Labute approximate surface area is 251 Å². The van der Waals surface area contributed by atoms with Gasteiger partial charge in [0.25, 0.3) is 11.8 Å². The second kappa shape index (κ2) is 9.79. The average Bonchev–Trinajstić information content (AvgIpc) is 3.38. The molecule has 2 N–H and O–H groups in total. The van der Waals surface area contributed by atoms with Gasteiger partial charge in [0.1, 0.15) is 11.5 Å². The van der Waals surface area contributed by atoms with Gasteiger partial charge in [0.15, 0.2) is 0 Å². The zero-order valence-electron chi connectivity index (χ0n) is 23.0. The van der Waals surface area contributed by atoms with Gasteiger partial charge in [-0.25, -0.2) is 4.90 Å². The van der Waals surface area contributed by atoms with Gasteiger partial charge < -0.3 is 9.84 Å². The molecular formula is C33H27ClN2O7. The number of hydrogen-bond acceptors (Lipinski definition) is 7. The maximum Gasteiger partial charge on any atom is 0.257 e. The first kappa shape index (κ1) is 27.4. The normalized spacial score (nSPS) is 29.7. The van der Waals surface area contributed by atoms with E-state index in [9.17, 15) is 24.7 Å². The molecule has 0 radical (unpaired) electrons. The van der Waals surface area contributed by atoms with Crippen LogP contribution >= 0.6 is 11.6 Å². The minimum atomic E-state index is -1.51. The fraction of sp³-hybridized carbons (Fsp3) is 0.273. The lowest BCUT2D eigenvalue weighted by Gasteiger charge is -2.50. The van der Waals surface area contributed by atoms with Crippen LogP contribution in [0.3, 0.4) is 0 Å². The number of hydrogen-bond donors (Lipinski definition) is 2. The Kier molecular flexibility index (Phi) is 6.23. The van der Waals surface area contributed by atoms with Crippen LogP contribution in [-0.4, -0.2) is 46.1 Å². The minimum absolute atomic E-state index is 0.0871. The third-order valence-corrected chi connectivity index (χ3v) is 9.93. The van der Waals surface area contributed by atoms with Crippen molar-refractivity contribution >= 4 is 40.9 Å². The number of benzene rings is 3. The number of amides is 4. The lowest BCUT2D eigenvalue weighted by atomic mass is 9.49. The zero-order chi connectivity index (χ0) is 30.2. The van der Waals surface area contributed by atoms with Crippen LogP contribution in [0.15, 0.2) is 84.4 Å². The monoisotopic (exact) mass is 598 g/mol. The van der Waals surface area contributed by atoms with E-state index in [1.807, 2.05) is 12.1 Å². The summed E-state index contributed by atoms with van der Waals surface area (Å²) in [6, 6.07) is 20.3. The van der Waals surface area contributed by atoms with Crippen LogP contribution < -0.4 is 9.64 Å². The Morgan fingerprint density at radius 2 is 1.67 bits per heavy atom. The number of nitrogens with zero attached hydrogens (tertiary/aromatic N) is 2. The molecule has 9 nitrogen and oxygen atoms in total. The number of allylic oxidation sites excluding steroid dienone is 2. The number of methoxy groups -OCH3 is 1. The van der Waals surface area contributed by atoms with Gasteiger partial charge >= 0.3 is 0 Å². The van der Waals surface area contributed by atoms with Gasteiger partial charge in [0.05, 0.1) is 36.0 Å². The highest BCUT2D eigenvalue weighted by atomic mass is 35.5. The number of rotatable bonds is 4. The van der Waals surface area contributed by atoms with Crippen LogP contribution in [0.5, 0.6) is 11.5 Å². The Morgan fingerprint density at radius 1 is 0.907 bits per heavy atom. The van der Waals surface area contributed by atoms with Crippen molar-refractivity contribution in [3.05, 3.63) is 101 Å². The van der Waals surface area contributed by atoms with E-state index in [2.05, 4.69) is 0 Å². The molecule has 43 heavy (non-hydrogen) atoms. The first-order valence-electron chi connectivity index (χ1n) is 14.0. The SMILES string of the molecule is COc1ccc(C2C3=CCC4C(=O)N(O)C(=O)C4C3CC3C(=O)N(c4cccc(Cl)c4)C(=O)C32c2ccccc2)c(O)c1. The summed E-state index contributed by atoms with van der Waals surface area (Å²) in [4.78, 5) is 56.8. The van der Waals surface area contributed by atoms with E-state index in [4.69, 9.17) is 16.3 Å². The number of phenolic OH excluding ortho intramolecular Hbond substituents is 1. The number of hydroxylamine groups is 2. The largest absolute Gasteiger partial charge is 0.508 e. The lowest BCUT2D eigenvalue weighted by Crippen LogP contribution is -2.53. The number of carbonyl (C=O) groups excluding carboxylic acids is 4. The maximum atomic E-state index is 15.0. The lowest BCUT2D eigenvalue weighted by molar-refractivity contribution is -0.173. The van der Waals surface area contributed by atoms with E-state index in [0.29, 0.717) is 33.2 Å². The Hall–Kier alpha value is -4.47. The van der Waals surface area contributed by atoms with E-state index in [1.165, 1.54) is 13.2 Å². The summed E-state index contributed by atoms with van der Waals surface area (Å²) in [5.74, 6) is -6.26. The van der Waals surface area contributed by atoms with Crippen LogP contribution in [0.2, 0.25) is 5.02 Å². The minimum Gasteiger partial charge on any atom is -0.508 e. The molecule has 6 unspecified atom stereocenters. The summed E-state index contributed by atoms with van der Waals surface area (Å²) >= 11 is 6.30. The van der Waals surface area contributed by atoms with Gasteiger partial charge in [-0.1, -0.05) is 65.7 Å². The topological polar surface area (TPSA) is 124 Å². The molecule has 2 saturated heterocycles. The molecule has 4 aliphatic rings. The van der Waals surface area contributed by atoms with E-state index < -0.39 is 58.6 Å². The molecule has 3 aromatic carbocycles. The van der Waals surface area contributed by atoms with Gasteiger partial charge in [-0.05, 0) is 48.6 Å². The van der Waals surface area contributed by atoms with Gasteiger partial charge in [0, 0.05) is 22.6 Å². The molecule has 3 aromatic rings. The molecule has 10 heteroatoms. The third kappa shape index (κ3) is 3.68. The predicted octanol–water partition coefficient (Wildman–Crippen LogP) is 4.61. The number of phenols is 1. The van der Waals surface area contributed by atoms with Crippen molar-refractivity contribution < 1.29 is 34.2 Å². The average molecular weight is 599 g/mol. The number of anilines is 1. The Morgan fingerprint density at radius 3 is 2.37 bits per heavy atom. The van der Waals surface area contributed by atoms with Gasteiger partial charge in [-0.3, -0.25) is 24.4 Å². The van der Waals surface area contributed by atoms with Crippen LogP contribution in [0.25, 0.3) is 0 Å². The molecule has 2 aliphatic heterocycles. The molecule has 0 aromatic heterocycles. The van der Waals surface area contributed by atoms with Crippen LogP contribution in [-0.2, 0) is 24.6 Å². The van der Waals surface area contributed by atoms with Gasteiger partial charge in [-0.15, -0.1) is 0 Å². The predicted molar refractivity (Wildman–Crippen MR) is 154 cm³/mol. The summed E-state index contributed by atoms with van der Waals surface area (Å²) in [6.45, 7) is 0. The Balaban J connectivity index is 1.53. The molecule has 0 spiro atoms. The van der Waals surface area contributed by atoms with Crippen molar-refractivity contribution in [2.45, 2.75) is 24.2 Å². The molecular weight excluding hydrogens is 572 g/mol. The zero-order valence-corrected chi connectivity index (χ0v) is 23.8. The van der Waals surface area contributed by atoms with Crippen LogP contribution in [0.4, 0.5) is 5.69 Å². The number of halogens is 1. The summed E-state index contributed by atoms with van der Waals surface area (Å²) in [7, 11) is 1.47. The van der Waals surface area contributed by atoms with Crippen molar-refractivity contribution in [3.8, 4) is 11.5 Å². The smallest absolute Gasteiger partial charge is 0.257 e. The number of aromatic hydroxyl groups is 1. The standard InChI is InChI=1S/C33H27ClN2O7/c1-43-20-10-11-22(26(37)15-20)28-21-12-13-23-27(31(40)36(42)29(23)38)24(21)16-25-30(39)35(19-9-5-8-18(34)14-19)32(41)33(25,28)17-6-3-2-4-7-17/h2-12,14-15,23-25,27-28,37,42H,13,16H2,1H3. The van der Waals surface area contributed by atoms with E-state index in [-0.39, 0.29) is 23.7 Å². The van der Waals surface area contributed by atoms with Crippen molar-refractivity contribution in [3.63, 3.8) is 0 Å². The van der Waals surface area contributed by atoms with Crippen molar-refractivity contribution in [1.29, 1.82) is 0 Å². The first-order valence-corrected chi connectivity index (χ1v) is 14.4. The molecule has 6 atom stereocenters. The molecule has 218 valence electrons. The first-order chi connectivity index (χ1) is 20.7.